The Morgan fingerprint density at radius 1 is 1.53 bits per heavy atom. The maximum Gasteiger partial charge on any atom is 0.408 e. The molecule has 6 nitrogen and oxygen atoms in total. The molecule has 1 N–H and O–H groups in total. The molecule has 2 atom stereocenters. The van der Waals surface area contributed by atoms with Gasteiger partial charge in [0, 0.05) is 0 Å². The molecule has 1 fully saturated rings. The number of carbonyl (C=O) groups excluding carboxylic acids is 1. The third-order valence-corrected chi connectivity index (χ3v) is 3.85. The quantitative estimate of drug-likeness (QED) is 0.628. The van der Waals surface area contributed by atoms with Gasteiger partial charge in [0.1, 0.15) is 17.5 Å². The summed E-state index contributed by atoms with van der Waals surface area (Å²) in [6.45, 7) is 11.0. The van der Waals surface area contributed by atoms with Crippen LogP contribution in [-0.4, -0.2) is 38.0 Å². The summed E-state index contributed by atoms with van der Waals surface area (Å²) in [5, 5.41) is 2.61. The largest absolute Gasteiger partial charge is 0.444 e. The van der Waals surface area contributed by atoms with E-state index in [2.05, 4.69) is 11.9 Å². The zero-order valence-corrected chi connectivity index (χ0v) is 12.5. The van der Waals surface area contributed by atoms with Crippen LogP contribution in [0.1, 0.15) is 34.1 Å². The van der Waals surface area contributed by atoms with Gasteiger partial charge in [-0.3, -0.25) is 4.18 Å². The molecule has 19 heavy (non-hydrogen) atoms. The molecule has 1 rings (SSSR count). The van der Waals surface area contributed by atoms with E-state index >= 15 is 0 Å². The highest BCUT2D eigenvalue weighted by molar-refractivity contribution is 7.87. The maximum absolute atomic E-state index is 11.7. The molecule has 0 aromatic rings. The third kappa shape index (κ3) is 4.83. The van der Waals surface area contributed by atoms with E-state index in [0.717, 1.165) is 0 Å². The second kappa shape index (κ2) is 5.50. The van der Waals surface area contributed by atoms with Crippen LogP contribution in [0, 0.1) is 0 Å². The van der Waals surface area contributed by atoms with Crippen LogP contribution in [0.3, 0.4) is 0 Å². The molecule has 1 aliphatic rings. The average molecular weight is 291 g/mol. The summed E-state index contributed by atoms with van der Waals surface area (Å²) in [7, 11) is -3.42. The molecule has 1 amide bonds. The molecule has 0 bridgehead atoms. The second-order valence-corrected chi connectivity index (χ2v) is 7.14. The van der Waals surface area contributed by atoms with Crippen molar-refractivity contribution in [2.24, 2.45) is 0 Å². The second-order valence-electron chi connectivity index (χ2n) is 5.49. The van der Waals surface area contributed by atoms with Gasteiger partial charge < -0.3 is 10.1 Å². The Kier molecular flexibility index (Phi) is 4.63. The lowest BCUT2D eigenvalue weighted by atomic mass is 10.0. The molecule has 0 aromatic carbocycles. The molecular formula is C12H21NO5S. The van der Waals surface area contributed by atoms with Gasteiger partial charge in [-0.05, 0) is 27.2 Å². The first-order valence-electron chi connectivity index (χ1n) is 6.12. The third-order valence-electron chi connectivity index (χ3n) is 2.58. The van der Waals surface area contributed by atoms with Gasteiger partial charge >= 0.3 is 6.09 Å². The minimum Gasteiger partial charge on any atom is -0.444 e. The number of ether oxygens (including phenoxy) is 1. The predicted molar refractivity (Wildman–Crippen MR) is 71.2 cm³/mol. The van der Waals surface area contributed by atoms with Crippen molar-refractivity contribution >= 4 is 16.2 Å². The van der Waals surface area contributed by atoms with Gasteiger partial charge in [0.15, 0.2) is 0 Å². The minimum atomic E-state index is -3.42. The number of hydrogen-bond acceptors (Lipinski definition) is 5. The lowest BCUT2D eigenvalue weighted by Gasteiger charge is -2.34. The Bertz CT molecular complexity index is 451. The van der Waals surface area contributed by atoms with Crippen molar-refractivity contribution in [3.63, 3.8) is 0 Å². The first kappa shape index (κ1) is 16.0. The molecule has 7 heteroatoms. The van der Waals surface area contributed by atoms with E-state index < -0.39 is 34.0 Å². The Hall–Kier alpha value is -1.08. The Morgan fingerprint density at radius 3 is 2.42 bits per heavy atom. The monoisotopic (exact) mass is 291 g/mol. The van der Waals surface area contributed by atoms with E-state index in [4.69, 9.17) is 8.92 Å². The first-order valence-corrected chi connectivity index (χ1v) is 7.70. The van der Waals surface area contributed by atoms with Crippen molar-refractivity contribution in [1.29, 1.82) is 0 Å². The molecule has 0 spiro atoms. The lowest BCUT2D eigenvalue weighted by molar-refractivity contribution is 0.0454. The van der Waals surface area contributed by atoms with Crippen molar-refractivity contribution in [3.05, 3.63) is 12.2 Å². The summed E-state index contributed by atoms with van der Waals surface area (Å²) in [6.07, 6.45) is -0.592. The van der Waals surface area contributed by atoms with Gasteiger partial charge in [-0.15, -0.1) is 0 Å². The summed E-state index contributed by atoms with van der Waals surface area (Å²) >= 11 is 0. The Balaban J connectivity index is 2.67. The summed E-state index contributed by atoms with van der Waals surface area (Å²) in [5.74, 6) is -0.119. The van der Waals surface area contributed by atoms with Crippen LogP contribution >= 0.6 is 0 Å². The molecule has 0 aliphatic carbocycles. The predicted octanol–water partition coefficient (Wildman–Crippen LogP) is 1.57. The van der Waals surface area contributed by atoms with Crippen molar-refractivity contribution in [2.75, 3.05) is 5.75 Å². The van der Waals surface area contributed by atoms with Gasteiger partial charge in [0.05, 0.1) is 6.04 Å². The van der Waals surface area contributed by atoms with Crippen molar-refractivity contribution in [2.45, 2.75) is 51.9 Å². The molecule has 2 unspecified atom stereocenters. The molecule has 1 saturated heterocycles. The summed E-state index contributed by atoms with van der Waals surface area (Å²) in [4.78, 5) is 11.7. The Labute approximate surface area is 114 Å². The number of alkyl carbamates (subject to hydrolysis) is 1. The minimum absolute atomic E-state index is 0.119. The molecule has 1 aliphatic heterocycles. The van der Waals surface area contributed by atoms with Crippen LogP contribution in [0.2, 0.25) is 0 Å². The van der Waals surface area contributed by atoms with Gasteiger partial charge in [-0.1, -0.05) is 19.1 Å². The summed E-state index contributed by atoms with van der Waals surface area (Å²) in [5.41, 5.74) is 0.0834. The summed E-state index contributed by atoms with van der Waals surface area (Å²) < 4.78 is 32.0. The van der Waals surface area contributed by atoms with Gasteiger partial charge in [-0.25, -0.2) is 4.79 Å². The summed E-state index contributed by atoms with van der Waals surface area (Å²) in [6, 6.07) is -0.552. The lowest BCUT2D eigenvalue weighted by Crippen LogP contribution is -2.55. The van der Waals surface area contributed by atoms with Crippen LogP contribution in [0.25, 0.3) is 0 Å². The van der Waals surface area contributed by atoms with Gasteiger partial charge in [-0.2, -0.15) is 8.42 Å². The fraction of sp³-hybridized carbons (Fsp3) is 0.750. The van der Waals surface area contributed by atoms with E-state index in [1.54, 1.807) is 20.8 Å². The van der Waals surface area contributed by atoms with E-state index in [9.17, 15) is 13.2 Å². The number of hydrogen-bond donors (Lipinski definition) is 1. The van der Waals surface area contributed by atoms with E-state index in [0.29, 0.717) is 12.0 Å². The molecular weight excluding hydrogens is 270 g/mol. The number of carbonyl (C=O) groups is 1. The average Bonchev–Trinajstić information content (AvgIpc) is 2.19. The van der Waals surface area contributed by atoms with Crippen molar-refractivity contribution in [3.8, 4) is 0 Å². The van der Waals surface area contributed by atoms with Crippen LogP contribution in [0.5, 0.6) is 0 Å². The van der Waals surface area contributed by atoms with Crippen LogP contribution in [-0.2, 0) is 19.0 Å². The standard InChI is InChI=1S/C12H21NO5S/c1-6-8(2)10(9-7-19(15,16)18-9)13-11(14)17-12(3,4)5/h9-10H,2,6-7H2,1,3-5H3,(H,13,14). The molecule has 1 heterocycles. The maximum atomic E-state index is 11.7. The van der Waals surface area contributed by atoms with Gasteiger partial charge in [0.2, 0.25) is 0 Å². The van der Waals surface area contributed by atoms with E-state index in [-0.39, 0.29) is 5.75 Å². The molecule has 0 saturated carbocycles. The van der Waals surface area contributed by atoms with E-state index in [1.165, 1.54) is 0 Å². The zero-order valence-electron chi connectivity index (χ0n) is 11.7. The topological polar surface area (TPSA) is 81.7 Å². The van der Waals surface area contributed by atoms with Crippen LogP contribution in [0.15, 0.2) is 12.2 Å². The number of amides is 1. The molecule has 0 aromatic heterocycles. The fourth-order valence-electron chi connectivity index (χ4n) is 1.65. The Morgan fingerprint density at radius 2 is 2.05 bits per heavy atom. The normalized spacial score (nSPS) is 23.1. The smallest absolute Gasteiger partial charge is 0.408 e. The highest BCUT2D eigenvalue weighted by Crippen LogP contribution is 2.24. The van der Waals surface area contributed by atoms with Crippen LogP contribution in [0.4, 0.5) is 4.79 Å². The zero-order chi connectivity index (χ0) is 14.8. The van der Waals surface area contributed by atoms with Crippen molar-refractivity contribution < 1.29 is 22.1 Å². The van der Waals surface area contributed by atoms with Crippen molar-refractivity contribution in [1.82, 2.24) is 5.32 Å². The number of nitrogens with one attached hydrogen (secondary N) is 1. The SMILES string of the molecule is C=C(CC)C(NC(=O)OC(C)(C)C)C1CS(=O)(=O)O1. The molecule has 0 radical (unpaired) electrons. The highest BCUT2D eigenvalue weighted by Gasteiger charge is 2.42. The highest BCUT2D eigenvalue weighted by atomic mass is 32.2. The van der Waals surface area contributed by atoms with Gasteiger partial charge in [0.25, 0.3) is 10.1 Å². The van der Waals surface area contributed by atoms with E-state index in [1.807, 2.05) is 6.92 Å². The van der Waals surface area contributed by atoms with Crippen LogP contribution < -0.4 is 5.32 Å². The fourth-order valence-corrected chi connectivity index (χ4v) is 2.71. The molecule has 110 valence electrons. The number of rotatable bonds is 4. The first-order chi connectivity index (χ1) is 8.54.